The number of aromatic amines is 1. The van der Waals surface area contributed by atoms with Gasteiger partial charge in [0.15, 0.2) is 12.2 Å². The zero-order chi connectivity index (χ0) is 12.7. The Labute approximate surface area is 103 Å². The summed E-state index contributed by atoms with van der Waals surface area (Å²) in [7, 11) is 0. The topological polar surface area (TPSA) is 72.0 Å². The fraction of sp³-hybridized carbons (Fsp3) is 0.0714. The minimum absolute atomic E-state index is 0.251. The molecule has 0 aliphatic carbocycles. The third-order valence-corrected chi connectivity index (χ3v) is 3.11. The summed E-state index contributed by atoms with van der Waals surface area (Å²) in [6, 6.07) is 8.01. The van der Waals surface area contributed by atoms with Gasteiger partial charge in [0.05, 0.1) is 16.8 Å². The number of anilines is 1. The highest BCUT2D eigenvalue weighted by Crippen LogP contribution is 2.32. The lowest BCUT2D eigenvalue weighted by Crippen LogP contribution is -1.88. The van der Waals surface area contributed by atoms with Gasteiger partial charge < -0.3 is 15.1 Å². The van der Waals surface area contributed by atoms with Gasteiger partial charge in [-0.15, -0.1) is 0 Å². The van der Waals surface area contributed by atoms with Crippen LogP contribution in [-0.2, 0) is 0 Å². The van der Waals surface area contributed by atoms with Crippen molar-refractivity contribution >= 4 is 23.1 Å². The molecule has 0 amide bonds. The number of nitrogens with one attached hydrogen (secondary N) is 1. The van der Waals surface area contributed by atoms with Crippen LogP contribution in [0.1, 0.15) is 15.9 Å². The Kier molecular flexibility index (Phi) is 2.23. The normalized spacial score (nSPS) is 10.9. The van der Waals surface area contributed by atoms with Crippen molar-refractivity contribution in [3.8, 4) is 11.3 Å². The molecule has 0 aliphatic heterocycles. The minimum Gasteiger partial charge on any atom is -0.448 e. The summed E-state index contributed by atoms with van der Waals surface area (Å²) >= 11 is 0. The van der Waals surface area contributed by atoms with Crippen LogP contribution in [0.15, 0.2) is 34.9 Å². The number of rotatable bonds is 2. The molecule has 0 saturated heterocycles. The molecule has 0 atom stereocenters. The first-order valence-corrected chi connectivity index (χ1v) is 5.61. The second-order valence-electron chi connectivity index (χ2n) is 4.27. The molecule has 2 heterocycles. The van der Waals surface area contributed by atoms with E-state index in [-0.39, 0.29) is 5.88 Å². The average molecular weight is 240 g/mol. The monoisotopic (exact) mass is 240 g/mol. The predicted octanol–water partition coefficient (Wildman–Crippen LogP) is 3.13. The number of aromatic nitrogens is 1. The fourth-order valence-electron chi connectivity index (χ4n) is 2.20. The number of furan rings is 1. The SMILES string of the molecule is Cc1cccc2cc(-c3c(C=O)coc3N)[nH]c12. The number of aldehydes is 1. The number of nitrogens with two attached hydrogens (primary N) is 1. The number of H-pyrrole nitrogens is 1. The van der Waals surface area contributed by atoms with Gasteiger partial charge in [-0.25, -0.2) is 0 Å². The predicted molar refractivity (Wildman–Crippen MR) is 70.5 cm³/mol. The van der Waals surface area contributed by atoms with Crippen LogP contribution in [0.25, 0.3) is 22.2 Å². The van der Waals surface area contributed by atoms with Gasteiger partial charge in [0.2, 0.25) is 0 Å². The Hall–Kier alpha value is -2.49. The zero-order valence-electron chi connectivity index (χ0n) is 9.86. The smallest absolute Gasteiger partial charge is 0.200 e. The highest BCUT2D eigenvalue weighted by molar-refractivity contribution is 5.95. The Balaban J connectivity index is 2.29. The molecule has 4 heteroatoms. The standard InChI is InChI=1S/C14H12N2O2/c1-8-3-2-4-9-5-11(16-13(8)9)12-10(6-17)7-18-14(12)15/h2-7,16H,15H2,1H3. The molecule has 3 N–H and O–H groups in total. The summed E-state index contributed by atoms with van der Waals surface area (Å²) < 4.78 is 5.09. The molecular formula is C14H12N2O2. The molecule has 4 nitrogen and oxygen atoms in total. The van der Waals surface area contributed by atoms with Gasteiger partial charge >= 0.3 is 0 Å². The van der Waals surface area contributed by atoms with E-state index in [4.69, 9.17) is 10.2 Å². The molecule has 0 bridgehead atoms. The van der Waals surface area contributed by atoms with Gasteiger partial charge in [-0.05, 0) is 18.6 Å². The second-order valence-corrected chi connectivity index (χ2v) is 4.27. The third-order valence-electron chi connectivity index (χ3n) is 3.11. The minimum atomic E-state index is 0.251. The van der Waals surface area contributed by atoms with E-state index in [1.807, 2.05) is 31.2 Å². The van der Waals surface area contributed by atoms with E-state index in [1.165, 1.54) is 6.26 Å². The lowest BCUT2D eigenvalue weighted by atomic mass is 10.1. The van der Waals surface area contributed by atoms with E-state index in [0.29, 0.717) is 11.1 Å². The largest absolute Gasteiger partial charge is 0.448 e. The van der Waals surface area contributed by atoms with Crippen molar-refractivity contribution in [3.63, 3.8) is 0 Å². The Morgan fingerprint density at radius 2 is 2.22 bits per heavy atom. The Morgan fingerprint density at radius 1 is 1.39 bits per heavy atom. The number of benzene rings is 1. The lowest BCUT2D eigenvalue weighted by Gasteiger charge is -1.96. The van der Waals surface area contributed by atoms with Gasteiger partial charge in [-0.3, -0.25) is 4.79 Å². The van der Waals surface area contributed by atoms with Crippen molar-refractivity contribution in [1.82, 2.24) is 4.98 Å². The highest BCUT2D eigenvalue weighted by Gasteiger charge is 2.15. The van der Waals surface area contributed by atoms with Crippen LogP contribution in [0.3, 0.4) is 0 Å². The van der Waals surface area contributed by atoms with Crippen molar-refractivity contribution < 1.29 is 9.21 Å². The maximum atomic E-state index is 11.0. The van der Waals surface area contributed by atoms with Crippen LogP contribution in [-0.4, -0.2) is 11.3 Å². The van der Waals surface area contributed by atoms with Crippen LogP contribution in [0.4, 0.5) is 5.88 Å². The Morgan fingerprint density at radius 3 is 2.94 bits per heavy atom. The van der Waals surface area contributed by atoms with Crippen molar-refractivity contribution in [3.05, 3.63) is 41.7 Å². The van der Waals surface area contributed by atoms with Gasteiger partial charge in [-0.1, -0.05) is 18.2 Å². The van der Waals surface area contributed by atoms with E-state index >= 15 is 0 Å². The van der Waals surface area contributed by atoms with Gasteiger partial charge in [0.25, 0.3) is 0 Å². The van der Waals surface area contributed by atoms with E-state index in [1.54, 1.807) is 0 Å². The van der Waals surface area contributed by atoms with Crippen molar-refractivity contribution in [1.29, 1.82) is 0 Å². The molecule has 0 spiro atoms. The van der Waals surface area contributed by atoms with E-state index < -0.39 is 0 Å². The van der Waals surface area contributed by atoms with Gasteiger partial charge in [-0.2, -0.15) is 0 Å². The molecule has 0 fully saturated rings. The van der Waals surface area contributed by atoms with Crippen LogP contribution in [0.5, 0.6) is 0 Å². The first-order valence-electron chi connectivity index (χ1n) is 5.61. The van der Waals surface area contributed by atoms with Crippen molar-refractivity contribution in [2.45, 2.75) is 6.92 Å². The number of aryl methyl sites for hydroxylation is 1. The number of nitrogen functional groups attached to an aromatic ring is 1. The van der Waals surface area contributed by atoms with Gasteiger partial charge in [0, 0.05) is 10.9 Å². The molecule has 90 valence electrons. The lowest BCUT2D eigenvalue weighted by molar-refractivity contribution is 0.112. The molecule has 0 unspecified atom stereocenters. The average Bonchev–Trinajstić information content (AvgIpc) is 2.92. The van der Waals surface area contributed by atoms with Gasteiger partial charge in [0.1, 0.15) is 6.26 Å². The molecule has 3 rings (SSSR count). The Bertz CT molecular complexity index is 737. The summed E-state index contributed by atoms with van der Waals surface area (Å²) in [5, 5.41) is 1.09. The first-order chi connectivity index (χ1) is 8.70. The number of carbonyl (C=O) groups is 1. The zero-order valence-corrected chi connectivity index (χ0v) is 9.86. The number of para-hydroxylation sites is 1. The summed E-state index contributed by atoms with van der Waals surface area (Å²) in [6.45, 7) is 2.03. The second kappa shape index (κ2) is 3.77. The van der Waals surface area contributed by atoms with Crippen LogP contribution >= 0.6 is 0 Å². The molecule has 1 aromatic carbocycles. The molecule has 3 aromatic rings. The van der Waals surface area contributed by atoms with Crippen molar-refractivity contribution in [2.75, 3.05) is 5.73 Å². The number of fused-ring (bicyclic) bond motifs is 1. The van der Waals surface area contributed by atoms with Crippen LogP contribution in [0.2, 0.25) is 0 Å². The molecule has 0 saturated carbocycles. The first kappa shape index (κ1) is 10.7. The van der Waals surface area contributed by atoms with Crippen molar-refractivity contribution in [2.24, 2.45) is 0 Å². The molecular weight excluding hydrogens is 228 g/mol. The molecule has 2 aromatic heterocycles. The molecule has 0 radical (unpaired) electrons. The number of carbonyl (C=O) groups excluding carboxylic acids is 1. The van der Waals surface area contributed by atoms with E-state index in [9.17, 15) is 4.79 Å². The van der Waals surface area contributed by atoms with Crippen LogP contribution < -0.4 is 5.73 Å². The molecule has 0 aliphatic rings. The summed E-state index contributed by atoms with van der Waals surface area (Å²) in [4.78, 5) is 14.2. The fourth-order valence-corrected chi connectivity index (χ4v) is 2.20. The van der Waals surface area contributed by atoms with E-state index in [0.717, 1.165) is 28.4 Å². The quantitative estimate of drug-likeness (QED) is 0.676. The number of hydrogen-bond donors (Lipinski definition) is 2. The maximum absolute atomic E-state index is 11.0. The summed E-state index contributed by atoms with van der Waals surface area (Å²) in [6.07, 6.45) is 2.11. The number of hydrogen-bond acceptors (Lipinski definition) is 3. The molecule has 18 heavy (non-hydrogen) atoms. The third kappa shape index (κ3) is 1.43. The maximum Gasteiger partial charge on any atom is 0.200 e. The highest BCUT2D eigenvalue weighted by atomic mass is 16.3. The summed E-state index contributed by atoms with van der Waals surface area (Å²) in [5.74, 6) is 0.251. The van der Waals surface area contributed by atoms with Crippen LogP contribution in [0, 0.1) is 6.92 Å². The summed E-state index contributed by atoms with van der Waals surface area (Å²) in [5.41, 5.74) is 9.84. The van der Waals surface area contributed by atoms with E-state index in [2.05, 4.69) is 4.98 Å².